The van der Waals surface area contributed by atoms with Crippen molar-refractivity contribution in [3.05, 3.63) is 0 Å². The summed E-state index contributed by atoms with van der Waals surface area (Å²) in [6, 6.07) is 1.86. The summed E-state index contributed by atoms with van der Waals surface area (Å²) in [5, 5.41) is 17.5. The molecule has 19 heavy (non-hydrogen) atoms. The van der Waals surface area contributed by atoms with Crippen molar-refractivity contribution in [2.75, 3.05) is 13.1 Å². The molecule has 1 heterocycles. The monoisotopic (exact) mass is 268 g/mol. The highest BCUT2D eigenvalue weighted by Gasteiger charge is 2.37. The van der Waals surface area contributed by atoms with Crippen LogP contribution in [0.4, 0.5) is 4.79 Å². The third kappa shape index (κ3) is 4.12. The molecule has 0 radical (unpaired) electrons. The van der Waals surface area contributed by atoms with E-state index in [2.05, 4.69) is 0 Å². The number of hydrogen-bond acceptors (Lipinski definition) is 4. The molecule has 0 aromatic heterocycles. The fourth-order valence-corrected chi connectivity index (χ4v) is 2.40. The molecule has 0 aromatic rings. The third-order valence-electron chi connectivity index (χ3n) is 3.85. The molecule has 0 bridgehead atoms. The van der Waals surface area contributed by atoms with Crippen LogP contribution in [0, 0.1) is 16.7 Å². The van der Waals surface area contributed by atoms with Gasteiger partial charge in [-0.3, -0.25) is 4.79 Å². The Morgan fingerprint density at radius 3 is 2.47 bits per heavy atom. The molecule has 1 fully saturated rings. The molecule has 1 aliphatic heterocycles. The van der Waals surface area contributed by atoms with Crippen molar-refractivity contribution in [2.45, 2.75) is 45.6 Å². The lowest BCUT2D eigenvalue weighted by atomic mass is 9.73. The van der Waals surface area contributed by atoms with Crippen LogP contribution in [0.2, 0.25) is 0 Å². The van der Waals surface area contributed by atoms with E-state index in [0.29, 0.717) is 25.9 Å². The van der Waals surface area contributed by atoms with Crippen molar-refractivity contribution in [3.8, 4) is 6.07 Å². The zero-order valence-electron chi connectivity index (χ0n) is 11.4. The Balaban J connectivity index is 2.56. The van der Waals surface area contributed by atoms with Crippen LogP contribution in [0.3, 0.4) is 0 Å². The molecule has 1 atom stereocenters. The van der Waals surface area contributed by atoms with Crippen molar-refractivity contribution < 1.29 is 19.4 Å². The number of hydrogen-bond donors (Lipinski definition) is 1. The van der Waals surface area contributed by atoms with Crippen molar-refractivity contribution in [2.24, 2.45) is 5.41 Å². The molecule has 1 amide bonds. The second kappa shape index (κ2) is 6.41. The SMILES string of the molecule is CCC1(CC(=O)OC(C)C#N)CCN(C(=O)O)CC1. The summed E-state index contributed by atoms with van der Waals surface area (Å²) < 4.78 is 4.97. The minimum atomic E-state index is -0.912. The first kappa shape index (κ1) is 15.3. The predicted molar refractivity (Wildman–Crippen MR) is 67.3 cm³/mol. The third-order valence-corrected chi connectivity index (χ3v) is 3.85. The number of carbonyl (C=O) groups is 2. The molecule has 0 spiro atoms. The molecule has 0 aliphatic carbocycles. The maximum Gasteiger partial charge on any atom is 0.407 e. The summed E-state index contributed by atoms with van der Waals surface area (Å²) >= 11 is 0. The summed E-state index contributed by atoms with van der Waals surface area (Å²) in [5.41, 5.74) is -0.196. The summed E-state index contributed by atoms with van der Waals surface area (Å²) in [5.74, 6) is -0.375. The zero-order chi connectivity index (χ0) is 14.5. The Kier molecular flexibility index (Phi) is 5.16. The number of nitriles is 1. The first-order valence-electron chi connectivity index (χ1n) is 6.49. The highest BCUT2D eigenvalue weighted by molar-refractivity contribution is 5.71. The number of carbonyl (C=O) groups excluding carboxylic acids is 1. The Bertz CT molecular complexity index is 381. The second-order valence-electron chi connectivity index (χ2n) is 5.06. The van der Waals surface area contributed by atoms with Gasteiger partial charge in [-0.1, -0.05) is 6.92 Å². The van der Waals surface area contributed by atoms with Gasteiger partial charge in [0.05, 0.1) is 6.42 Å². The molecule has 1 unspecified atom stereocenters. The van der Waals surface area contributed by atoms with E-state index >= 15 is 0 Å². The number of nitrogens with zero attached hydrogens (tertiary/aromatic N) is 2. The van der Waals surface area contributed by atoms with E-state index < -0.39 is 12.2 Å². The smallest absolute Gasteiger partial charge is 0.407 e. The standard InChI is InChI=1S/C13H20N2O4/c1-3-13(8-11(16)19-10(2)9-14)4-6-15(7-5-13)12(17)18/h10H,3-8H2,1-2H3,(H,17,18). The molecule has 1 rings (SSSR count). The first-order valence-corrected chi connectivity index (χ1v) is 6.49. The summed E-state index contributed by atoms with van der Waals surface area (Å²) in [7, 11) is 0. The summed E-state index contributed by atoms with van der Waals surface area (Å²) in [4.78, 5) is 24.0. The molecule has 1 saturated heterocycles. The van der Waals surface area contributed by atoms with Crippen molar-refractivity contribution in [3.63, 3.8) is 0 Å². The number of likely N-dealkylation sites (tertiary alicyclic amines) is 1. The average molecular weight is 268 g/mol. The van der Waals surface area contributed by atoms with Gasteiger partial charge < -0.3 is 14.7 Å². The van der Waals surface area contributed by atoms with Gasteiger partial charge in [0.25, 0.3) is 0 Å². The van der Waals surface area contributed by atoms with E-state index in [0.717, 1.165) is 6.42 Å². The van der Waals surface area contributed by atoms with Gasteiger partial charge in [-0.2, -0.15) is 5.26 Å². The van der Waals surface area contributed by atoms with Crippen LogP contribution in [0.1, 0.15) is 39.5 Å². The minimum Gasteiger partial charge on any atom is -0.465 e. The Hall–Kier alpha value is -1.77. The molecule has 1 N–H and O–H groups in total. The Morgan fingerprint density at radius 1 is 1.47 bits per heavy atom. The predicted octanol–water partition coefficient (Wildman–Crippen LogP) is 2.00. The van der Waals surface area contributed by atoms with Crippen LogP contribution in [0.15, 0.2) is 0 Å². The maximum absolute atomic E-state index is 11.8. The van der Waals surface area contributed by atoms with Gasteiger partial charge in [0.1, 0.15) is 6.07 Å². The largest absolute Gasteiger partial charge is 0.465 e. The van der Waals surface area contributed by atoms with Crippen LogP contribution in [0.25, 0.3) is 0 Å². The summed E-state index contributed by atoms with van der Waals surface area (Å²) in [6.07, 6.45) is 0.725. The molecular weight excluding hydrogens is 248 g/mol. The van der Waals surface area contributed by atoms with Gasteiger partial charge >= 0.3 is 12.1 Å². The van der Waals surface area contributed by atoms with Gasteiger partial charge in [0.15, 0.2) is 6.10 Å². The fraction of sp³-hybridized carbons (Fsp3) is 0.769. The normalized spacial score (nSPS) is 19.3. The van der Waals surface area contributed by atoms with Gasteiger partial charge in [0, 0.05) is 13.1 Å². The topological polar surface area (TPSA) is 90.6 Å². The highest BCUT2D eigenvalue weighted by atomic mass is 16.5. The lowest BCUT2D eigenvalue weighted by Crippen LogP contribution is -2.43. The lowest BCUT2D eigenvalue weighted by molar-refractivity contribution is -0.149. The summed E-state index contributed by atoms with van der Waals surface area (Å²) in [6.45, 7) is 4.43. The van der Waals surface area contributed by atoms with Crippen LogP contribution in [-0.2, 0) is 9.53 Å². The number of piperidine rings is 1. The Morgan fingerprint density at radius 2 is 2.05 bits per heavy atom. The van der Waals surface area contributed by atoms with E-state index in [-0.39, 0.29) is 17.8 Å². The van der Waals surface area contributed by atoms with Gasteiger partial charge in [-0.25, -0.2) is 4.79 Å². The van der Waals surface area contributed by atoms with Crippen LogP contribution in [-0.4, -0.2) is 41.3 Å². The van der Waals surface area contributed by atoms with Crippen LogP contribution >= 0.6 is 0 Å². The molecule has 1 aliphatic rings. The molecule has 0 aromatic carbocycles. The Labute approximate surface area is 112 Å². The number of rotatable bonds is 4. The first-order chi connectivity index (χ1) is 8.92. The average Bonchev–Trinajstić information content (AvgIpc) is 2.38. The van der Waals surface area contributed by atoms with Gasteiger partial charge in [-0.15, -0.1) is 0 Å². The fourth-order valence-electron chi connectivity index (χ4n) is 2.40. The number of ether oxygens (including phenoxy) is 1. The quantitative estimate of drug-likeness (QED) is 0.787. The van der Waals surface area contributed by atoms with Gasteiger partial charge in [-0.05, 0) is 31.6 Å². The van der Waals surface area contributed by atoms with E-state index in [1.165, 1.54) is 11.8 Å². The molecule has 0 saturated carbocycles. The molecular formula is C13H20N2O4. The van der Waals surface area contributed by atoms with E-state index in [9.17, 15) is 9.59 Å². The zero-order valence-corrected chi connectivity index (χ0v) is 11.4. The lowest BCUT2D eigenvalue weighted by Gasteiger charge is -2.39. The van der Waals surface area contributed by atoms with E-state index in [1.807, 2.05) is 13.0 Å². The molecule has 6 nitrogen and oxygen atoms in total. The van der Waals surface area contributed by atoms with Gasteiger partial charge in [0.2, 0.25) is 0 Å². The van der Waals surface area contributed by atoms with Crippen molar-refractivity contribution >= 4 is 12.1 Å². The molecule has 6 heteroatoms. The van der Waals surface area contributed by atoms with E-state index in [4.69, 9.17) is 15.1 Å². The van der Waals surface area contributed by atoms with Crippen LogP contribution in [0.5, 0.6) is 0 Å². The van der Waals surface area contributed by atoms with Crippen LogP contribution < -0.4 is 0 Å². The van der Waals surface area contributed by atoms with Crippen molar-refractivity contribution in [1.82, 2.24) is 4.90 Å². The number of esters is 1. The van der Waals surface area contributed by atoms with E-state index in [1.54, 1.807) is 0 Å². The number of carboxylic acid groups (broad SMARTS) is 1. The number of amides is 1. The highest BCUT2D eigenvalue weighted by Crippen LogP contribution is 2.38. The maximum atomic E-state index is 11.8. The minimum absolute atomic E-state index is 0.196. The second-order valence-corrected chi connectivity index (χ2v) is 5.06. The molecule has 106 valence electrons. The van der Waals surface area contributed by atoms with Crippen molar-refractivity contribution in [1.29, 1.82) is 5.26 Å².